The number of Topliss-reactive ketones (excluding diaryl/α,β-unsaturated/α-hetero) is 3. The smallest absolute Gasteiger partial charge is 0.155 e. The van der Waals surface area contributed by atoms with E-state index in [-0.39, 0.29) is 87.0 Å². The van der Waals surface area contributed by atoms with Crippen LogP contribution < -0.4 is 21.3 Å². The Balaban J connectivity index is 0.000000156. The lowest BCUT2D eigenvalue weighted by atomic mass is 9.67. The zero-order chi connectivity index (χ0) is 58.7. The summed E-state index contributed by atoms with van der Waals surface area (Å²) in [4.78, 5) is 57.8. The number of benzene rings is 1. The SMILES string of the molecule is CC(C)(C)C(=O)C1C(C(C)(C)C)C2c3ncccc3NC2N1C(C)(C)C.CC(C)(C)C(=O)C1C(c2ccccc2)C2c3ncccc3NC2N1C(C)(C)C.CC(C)C1C2C3NCCCC3NC2N(C(C)(C)C)C1C(=O)C(C)(C)C. The molecule has 2 aromatic heterocycles. The molecular formula is C67H105N9O3. The molecule has 4 N–H and O–H groups in total. The average molecular weight is 1080 g/mol. The van der Waals surface area contributed by atoms with Crippen LogP contribution in [0.1, 0.15) is 207 Å². The first kappa shape index (κ1) is 61.0. The van der Waals surface area contributed by atoms with Crippen LogP contribution in [0.25, 0.3) is 0 Å². The van der Waals surface area contributed by atoms with Gasteiger partial charge in [0.1, 0.15) is 0 Å². The number of pyridine rings is 2. The minimum Gasteiger partial charge on any atom is -0.367 e. The molecule has 7 aliphatic heterocycles. The van der Waals surface area contributed by atoms with E-state index in [4.69, 9.17) is 9.97 Å². The molecule has 0 aliphatic carbocycles. The first-order valence-electron chi connectivity index (χ1n) is 30.2. The van der Waals surface area contributed by atoms with Crippen LogP contribution in [0, 0.1) is 45.3 Å². The molecule has 14 atom stereocenters. The van der Waals surface area contributed by atoms with Gasteiger partial charge in [0.25, 0.3) is 0 Å². The number of nitrogens with zero attached hydrogens (tertiary/aromatic N) is 5. The summed E-state index contributed by atoms with van der Waals surface area (Å²) in [6.07, 6.45) is 6.73. The number of likely N-dealkylation sites (tertiary alicyclic amines) is 3. The summed E-state index contributed by atoms with van der Waals surface area (Å²) in [5.74, 6) is 3.11. The van der Waals surface area contributed by atoms with Crippen LogP contribution in [-0.4, -0.2) is 114 Å². The lowest BCUT2D eigenvalue weighted by Crippen LogP contribution is -2.59. The molecule has 0 radical (unpaired) electrons. The lowest BCUT2D eigenvalue weighted by molar-refractivity contribution is -0.136. The Bertz CT molecular complexity index is 2670. The Hall–Kier alpha value is -4.07. The second-order valence-corrected chi connectivity index (χ2v) is 32.1. The standard InChI is InChI=1S/C24H31N3O.C22H35N3O.C21H39N3O/c1-23(2,3)21(28)20-17(15-11-8-7-9-12-15)18-19-16(13-10-14-25-19)26-22(18)27(20)24(4,5)6;1-20(2,3)15-14-16-13(11-10-12-23-16)24-19(14)25(22(7,8)9)17(15)18(26)21(4,5)6;1-12(2)14-15-16-13(10-9-11-22-16)23-19(15)24(21(6,7)8)17(14)18(25)20(3,4)5/h7-14,17-18,20,22,26H,1-6H3;10-12,14-15,17,19,24H,1-9H3;12-17,19,22-23H,9-11H2,1-8H3. The van der Waals surface area contributed by atoms with Gasteiger partial charge < -0.3 is 16.0 Å². The molecule has 12 nitrogen and oxygen atoms in total. The summed E-state index contributed by atoms with van der Waals surface area (Å²) < 4.78 is 0. The zero-order valence-corrected chi connectivity index (χ0v) is 53.1. The van der Waals surface area contributed by atoms with E-state index >= 15 is 0 Å². The molecule has 14 unspecified atom stereocenters. The normalized spacial score (nSPS) is 31.8. The van der Waals surface area contributed by atoms with E-state index in [0.717, 1.165) is 29.3 Å². The number of ketones is 3. The van der Waals surface area contributed by atoms with Crippen molar-refractivity contribution < 1.29 is 14.4 Å². The van der Waals surface area contributed by atoms with Crippen LogP contribution in [-0.2, 0) is 14.4 Å². The van der Waals surface area contributed by atoms with Gasteiger partial charge in [-0.15, -0.1) is 0 Å². The van der Waals surface area contributed by atoms with Crippen LogP contribution in [0.5, 0.6) is 0 Å². The van der Waals surface area contributed by atoms with Crippen molar-refractivity contribution in [3.63, 3.8) is 0 Å². The third-order valence-corrected chi connectivity index (χ3v) is 18.6. The van der Waals surface area contributed by atoms with Crippen molar-refractivity contribution in [3.05, 3.63) is 83.9 Å². The van der Waals surface area contributed by atoms with Crippen molar-refractivity contribution in [1.82, 2.24) is 35.3 Å². The molecule has 3 aromatic rings. The number of nitrogens with one attached hydrogen (secondary N) is 4. The number of piperidine rings is 1. The van der Waals surface area contributed by atoms with Crippen molar-refractivity contribution in [3.8, 4) is 0 Å². The quantitative estimate of drug-likeness (QED) is 0.194. The molecule has 0 spiro atoms. The van der Waals surface area contributed by atoms with Crippen LogP contribution in [0.3, 0.4) is 0 Å². The maximum absolute atomic E-state index is 13.8. The molecular weight excluding hydrogens is 979 g/mol. The predicted octanol–water partition coefficient (Wildman–Crippen LogP) is 12.5. The van der Waals surface area contributed by atoms with Gasteiger partial charge in [-0.1, -0.05) is 127 Å². The third-order valence-electron chi connectivity index (χ3n) is 18.6. The number of carbonyl (C=O) groups excluding carboxylic acids is 3. The van der Waals surface area contributed by atoms with Crippen LogP contribution in [0.4, 0.5) is 11.4 Å². The maximum Gasteiger partial charge on any atom is 0.155 e. The van der Waals surface area contributed by atoms with Gasteiger partial charge in [0.05, 0.1) is 59.4 Å². The molecule has 7 aliphatic rings. The molecule has 12 heteroatoms. The first-order valence-corrected chi connectivity index (χ1v) is 30.2. The molecule has 10 rings (SSSR count). The molecule has 1 aromatic carbocycles. The van der Waals surface area contributed by atoms with Crippen molar-refractivity contribution >= 4 is 28.7 Å². The van der Waals surface area contributed by atoms with E-state index in [1.165, 1.54) is 18.4 Å². The summed E-state index contributed by atoms with van der Waals surface area (Å²) in [5.41, 5.74) is 4.23. The first-order chi connectivity index (χ1) is 36.3. The highest BCUT2D eigenvalue weighted by molar-refractivity contribution is 5.92. The van der Waals surface area contributed by atoms with Crippen molar-refractivity contribution in [2.24, 2.45) is 45.3 Å². The lowest BCUT2D eigenvalue weighted by Gasteiger charge is -2.44. The minimum atomic E-state index is -0.410. The summed E-state index contributed by atoms with van der Waals surface area (Å²) in [6.45, 7) is 51.1. The predicted molar refractivity (Wildman–Crippen MR) is 324 cm³/mol. The average Bonchev–Trinajstić information content (AvgIpc) is 4.34. The summed E-state index contributed by atoms with van der Waals surface area (Å²) in [5, 5.41) is 15.2. The molecule has 0 amide bonds. The largest absolute Gasteiger partial charge is 0.367 e. The van der Waals surface area contributed by atoms with Gasteiger partial charge >= 0.3 is 0 Å². The highest BCUT2D eigenvalue weighted by Crippen LogP contribution is 2.59. The number of hydrogen-bond acceptors (Lipinski definition) is 12. The van der Waals surface area contributed by atoms with Gasteiger partial charge in [-0.25, -0.2) is 0 Å². The number of carbonyl (C=O) groups is 3. The Morgan fingerprint density at radius 1 is 0.532 bits per heavy atom. The topological polar surface area (TPSA) is 135 Å². The summed E-state index contributed by atoms with van der Waals surface area (Å²) in [7, 11) is 0. The van der Waals surface area contributed by atoms with Gasteiger partial charge in [-0.3, -0.25) is 44.4 Å². The van der Waals surface area contributed by atoms with Crippen molar-refractivity contribution in [1.29, 1.82) is 0 Å². The van der Waals surface area contributed by atoms with Crippen molar-refractivity contribution in [2.75, 3.05) is 17.2 Å². The van der Waals surface area contributed by atoms with E-state index in [1.54, 1.807) is 0 Å². The van der Waals surface area contributed by atoms with Gasteiger partial charge in [0.15, 0.2) is 17.3 Å². The Labute approximate surface area is 478 Å². The number of hydrogen-bond donors (Lipinski definition) is 4. The highest BCUT2D eigenvalue weighted by Gasteiger charge is 2.65. The van der Waals surface area contributed by atoms with Crippen LogP contribution >= 0.6 is 0 Å². The number of fused-ring (bicyclic) bond motifs is 9. The van der Waals surface area contributed by atoms with E-state index in [0.29, 0.717) is 53.4 Å². The monoisotopic (exact) mass is 1080 g/mol. The summed E-state index contributed by atoms with van der Waals surface area (Å²) in [6, 6.07) is 19.4. The summed E-state index contributed by atoms with van der Waals surface area (Å²) >= 11 is 0. The van der Waals surface area contributed by atoms with E-state index in [9.17, 15) is 14.4 Å². The van der Waals surface area contributed by atoms with Gasteiger partial charge in [0, 0.05) is 81.0 Å². The van der Waals surface area contributed by atoms with E-state index < -0.39 is 5.41 Å². The molecule has 9 heterocycles. The Morgan fingerprint density at radius 3 is 1.44 bits per heavy atom. The Kier molecular flexibility index (Phi) is 16.4. The van der Waals surface area contributed by atoms with Crippen LogP contribution in [0.15, 0.2) is 67.0 Å². The van der Waals surface area contributed by atoms with Crippen LogP contribution in [0.2, 0.25) is 0 Å². The van der Waals surface area contributed by atoms with E-state index in [1.807, 2.05) is 72.1 Å². The van der Waals surface area contributed by atoms with Gasteiger partial charge in [-0.2, -0.15) is 0 Å². The number of aromatic nitrogens is 2. The highest BCUT2D eigenvalue weighted by atomic mass is 16.1. The molecule has 0 saturated carbocycles. The second kappa shape index (κ2) is 21.3. The number of rotatable bonds is 5. The molecule has 5 fully saturated rings. The third kappa shape index (κ3) is 11.4. The zero-order valence-electron chi connectivity index (χ0n) is 53.1. The maximum atomic E-state index is 13.8. The van der Waals surface area contributed by atoms with Crippen molar-refractivity contribution in [2.45, 2.75) is 255 Å². The Morgan fingerprint density at radius 2 is 0.975 bits per heavy atom. The fourth-order valence-corrected chi connectivity index (χ4v) is 15.6. The molecule has 79 heavy (non-hydrogen) atoms. The fourth-order valence-electron chi connectivity index (χ4n) is 15.6. The minimum absolute atomic E-state index is 0.00466. The molecule has 5 saturated heterocycles. The van der Waals surface area contributed by atoms with Gasteiger partial charge in [-0.05, 0) is 135 Å². The fraction of sp³-hybridized carbons (Fsp3) is 0.716. The second-order valence-electron chi connectivity index (χ2n) is 32.1. The number of anilines is 2. The molecule has 436 valence electrons. The van der Waals surface area contributed by atoms with Gasteiger partial charge in [0.2, 0.25) is 0 Å². The molecule has 0 bridgehead atoms. The van der Waals surface area contributed by atoms with E-state index in [2.05, 4.69) is 190 Å².